The first kappa shape index (κ1) is 55.9. The van der Waals surface area contributed by atoms with Gasteiger partial charge in [-0.15, -0.1) is 0 Å². The lowest BCUT2D eigenvalue weighted by Gasteiger charge is -2.25. The fourth-order valence-corrected chi connectivity index (χ4v) is 11.3. The number of rotatable bonds is 8. The molecule has 1 N–H and O–H groups in total. The molecule has 0 unspecified atom stereocenters. The van der Waals surface area contributed by atoms with Crippen LogP contribution in [0.3, 0.4) is 0 Å². The van der Waals surface area contributed by atoms with Crippen LogP contribution in [0.1, 0.15) is 12.8 Å². The molecule has 416 valence electrons. The number of benzene rings is 12. The molecule has 85 heavy (non-hydrogen) atoms. The second-order valence-corrected chi connectivity index (χ2v) is 21.9. The van der Waals surface area contributed by atoms with Crippen LogP contribution in [0.5, 0.6) is 0 Å². The van der Waals surface area contributed by atoms with E-state index in [0.29, 0.717) is 0 Å². The molecule has 7 nitrogen and oxygen atoms in total. The van der Waals surface area contributed by atoms with E-state index in [1.807, 2.05) is 146 Å². The Labute approximate surface area is 511 Å². The summed E-state index contributed by atoms with van der Waals surface area (Å²) in [4.78, 5) is 4.52. The number of hydrogen-bond acceptors (Lipinski definition) is 7. The molecule has 0 aliphatic carbocycles. The number of anilines is 8. The summed E-state index contributed by atoms with van der Waals surface area (Å²) in [6, 6.07) is 103. The summed E-state index contributed by atoms with van der Waals surface area (Å²) >= 11 is 7.18. The Bertz CT molecular complexity index is 4450. The number of furan rings is 3. The highest BCUT2D eigenvalue weighted by atomic mass is 79.9. The summed E-state index contributed by atoms with van der Waals surface area (Å²) in [5, 5.41) is 10.1. The van der Waals surface area contributed by atoms with Gasteiger partial charge in [-0.25, -0.2) is 0 Å². The zero-order valence-electron chi connectivity index (χ0n) is 46.5. The molecule has 0 spiro atoms. The topological polar surface area (TPSA) is 67.2 Å². The number of halogens is 2. The fourth-order valence-electron chi connectivity index (χ4n) is 10.4. The highest BCUT2D eigenvalue weighted by molar-refractivity contribution is 9.11. The van der Waals surface area contributed by atoms with Crippen LogP contribution < -0.4 is 15.1 Å². The van der Waals surface area contributed by atoms with Crippen molar-refractivity contribution in [3.8, 4) is 0 Å². The molecule has 12 aromatic carbocycles. The number of para-hydroxylation sites is 9. The van der Waals surface area contributed by atoms with Gasteiger partial charge < -0.3 is 33.1 Å². The largest absolute Gasteiger partial charge is 0.456 e. The van der Waals surface area contributed by atoms with Gasteiger partial charge in [-0.1, -0.05) is 180 Å². The molecule has 0 radical (unpaired) electrons. The van der Waals surface area contributed by atoms with Crippen molar-refractivity contribution in [2.45, 2.75) is 12.8 Å². The van der Waals surface area contributed by atoms with Crippen LogP contribution >= 0.6 is 31.9 Å². The van der Waals surface area contributed by atoms with E-state index in [-0.39, 0.29) is 0 Å². The third-order valence-corrected chi connectivity index (χ3v) is 15.4. The van der Waals surface area contributed by atoms with Crippen molar-refractivity contribution in [3.63, 3.8) is 0 Å². The summed E-state index contributed by atoms with van der Waals surface area (Å²) in [6.45, 7) is 2.00. The van der Waals surface area contributed by atoms with Crippen molar-refractivity contribution in [3.05, 3.63) is 312 Å². The van der Waals surface area contributed by atoms with E-state index in [1.54, 1.807) is 0 Å². The van der Waals surface area contributed by atoms with Crippen molar-refractivity contribution < 1.29 is 18.0 Å². The summed E-state index contributed by atoms with van der Waals surface area (Å²) in [5.41, 5.74) is 14.4. The lowest BCUT2D eigenvalue weighted by Crippen LogP contribution is -2.09. The number of nitrogens with one attached hydrogen (secondary N) is 1. The fraction of sp³-hybridized carbons (Fsp3) is 0.0526. The second-order valence-electron chi connectivity index (χ2n) is 20.1. The van der Waals surface area contributed by atoms with Gasteiger partial charge in [0.1, 0.15) is 33.5 Å². The minimum absolute atomic E-state index is 0.876. The van der Waals surface area contributed by atoms with Crippen LogP contribution in [0.4, 0.5) is 45.5 Å². The van der Waals surface area contributed by atoms with E-state index < -0.39 is 0 Å². The summed E-state index contributed by atoms with van der Waals surface area (Å²) < 4.78 is 24.7. The monoisotopic (exact) mass is 1240 g/mol. The Hall–Kier alpha value is -9.64. The average Bonchev–Trinajstić information content (AvgIpc) is 3.30. The first-order chi connectivity index (χ1) is 42.0. The lowest BCUT2D eigenvalue weighted by molar-refractivity contribution is 0.198. The maximum Gasteiger partial charge on any atom is 0.149 e. The van der Waals surface area contributed by atoms with Crippen molar-refractivity contribution in [1.82, 2.24) is 0 Å². The van der Waals surface area contributed by atoms with Gasteiger partial charge in [0.2, 0.25) is 0 Å². The summed E-state index contributed by atoms with van der Waals surface area (Å²) in [7, 11) is 0. The molecule has 0 saturated carbocycles. The molecule has 1 fully saturated rings. The predicted molar refractivity (Wildman–Crippen MR) is 362 cm³/mol. The highest BCUT2D eigenvalue weighted by Gasteiger charge is 2.18. The molecule has 0 atom stereocenters. The van der Waals surface area contributed by atoms with E-state index in [1.165, 1.54) is 18.2 Å². The lowest BCUT2D eigenvalue weighted by atomic mass is 10.1. The number of ether oxygens (including phenoxy) is 1. The van der Waals surface area contributed by atoms with Crippen LogP contribution in [0.2, 0.25) is 0 Å². The molecule has 1 aliphatic rings. The van der Waals surface area contributed by atoms with Gasteiger partial charge in [-0.3, -0.25) is 0 Å². The first-order valence-corrected chi connectivity index (χ1v) is 29.9. The van der Waals surface area contributed by atoms with Gasteiger partial charge in [-0.05, 0) is 168 Å². The van der Waals surface area contributed by atoms with Crippen LogP contribution in [-0.2, 0) is 4.74 Å². The number of hydrogen-bond donors (Lipinski definition) is 1. The van der Waals surface area contributed by atoms with Crippen molar-refractivity contribution >= 4 is 143 Å². The molecule has 16 rings (SSSR count). The third kappa shape index (κ3) is 13.4. The van der Waals surface area contributed by atoms with Gasteiger partial charge >= 0.3 is 0 Å². The molecule has 0 bridgehead atoms. The Balaban J connectivity index is 0.000000113. The standard InChI is InChI=1S/C24H16BrNO.C24H17NO.C12H7BrO.C12H11N.C4H8O/c25-22-16-19(15-21-20-13-7-8-14-23(20)27-24(21)22)26(17-9-3-1-4-10-17)18-11-5-2-6-12-18;1-3-9-18(10-4-1)25(19-11-5-2-6-12-19)20-15-16-24-22(17-20)21-13-7-8-14-23(21)26-24;13-8-5-6-12-10(7-8)9-3-1-2-4-11(9)14-12;1-3-7-11(8-4-1)13-12-9-5-2-6-10-12;1-2-4-5-3-1/h1-16H;1-17H;1-7H;1-10,13H;1-4H2. The zero-order valence-corrected chi connectivity index (χ0v) is 49.7. The maximum atomic E-state index is 6.06. The van der Waals surface area contributed by atoms with Crippen molar-refractivity contribution in [2.75, 3.05) is 28.3 Å². The van der Waals surface area contributed by atoms with Crippen LogP contribution in [-0.4, -0.2) is 13.2 Å². The van der Waals surface area contributed by atoms with Gasteiger partial charge in [0, 0.05) is 95.5 Å². The second kappa shape index (κ2) is 27.2. The normalized spacial score (nSPS) is 11.6. The Morgan fingerprint density at radius 3 is 1.08 bits per heavy atom. The van der Waals surface area contributed by atoms with Gasteiger partial charge in [0.15, 0.2) is 0 Å². The van der Waals surface area contributed by atoms with E-state index in [0.717, 1.165) is 128 Å². The molecular formula is C76H59Br2N3O4. The van der Waals surface area contributed by atoms with E-state index >= 15 is 0 Å². The molecule has 9 heteroatoms. The molecule has 1 saturated heterocycles. The summed E-state index contributed by atoms with van der Waals surface area (Å²) in [6.07, 6.45) is 2.56. The molecule has 4 heterocycles. The van der Waals surface area contributed by atoms with E-state index in [4.69, 9.17) is 18.0 Å². The average molecular weight is 1240 g/mol. The Kier molecular flexibility index (Phi) is 17.9. The van der Waals surface area contributed by atoms with Crippen LogP contribution in [0.15, 0.2) is 326 Å². The van der Waals surface area contributed by atoms with E-state index in [9.17, 15) is 0 Å². The minimum Gasteiger partial charge on any atom is -0.456 e. The molecular weight excluding hydrogens is 1180 g/mol. The Morgan fingerprint density at radius 2 is 0.635 bits per heavy atom. The van der Waals surface area contributed by atoms with Crippen molar-refractivity contribution in [2.24, 2.45) is 0 Å². The molecule has 15 aromatic rings. The van der Waals surface area contributed by atoms with Crippen LogP contribution in [0, 0.1) is 0 Å². The SMILES string of the molecule is Brc1cc(N(c2ccccc2)c2ccccc2)cc2c1oc1ccccc12.Brc1ccc2oc3ccccc3c2c1.C1CCOC1.c1ccc(N(c2ccccc2)c2ccc3oc4ccccc4c3c2)cc1.c1ccc(Nc2ccccc2)cc1. The number of nitrogens with zero attached hydrogens (tertiary/aromatic N) is 2. The van der Waals surface area contributed by atoms with E-state index in [2.05, 4.69) is 205 Å². The zero-order chi connectivity index (χ0) is 57.6. The van der Waals surface area contributed by atoms with Gasteiger partial charge in [0.05, 0.1) is 4.47 Å². The van der Waals surface area contributed by atoms with Gasteiger partial charge in [0.25, 0.3) is 0 Å². The molecule has 1 aliphatic heterocycles. The predicted octanol–water partition coefficient (Wildman–Crippen LogP) is 23.4. The number of fused-ring (bicyclic) bond motifs is 9. The Morgan fingerprint density at radius 1 is 0.282 bits per heavy atom. The van der Waals surface area contributed by atoms with Crippen molar-refractivity contribution in [1.29, 1.82) is 0 Å². The van der Waals surface area contributed by atoms with Crippen LogP contribution in [0.25, 0.3) is 65.8 Å². The highest BCUT2D eigenvalue weighted by Crippen LogP contribution is 2.42. The smallest absolute Gasteiger partial charge is 0.149 e. The third-order valence-electron chi connectivity index (χ3n) is 14.4. The molecule has 3 aromatic heterocycles. The quantitative estimate of drug-likeness (QED) is 0.163. The first-order valence-electron chi connectivity index (χ1n) is 28.3. The van der Waals surface area contributed by atoms with Gasteiger partial charge in [-0.2, -0.15) is 0 Å². The minimum atomic E-state index is 0.876. The maximum absolute atomic E-state index is 6.06. The molecule has 0 amide bonds. The summed E-state index contributed by atoms with van der Waals surface area (Å²) in [5.74, 6) is 0.